The highest BCUT2D eigenvalue weighted by Gasteiger charge is 2.20. The Labute approximate surface area is 95.0 Å². The monoisotopic (exact) mass is 226 g/mol. The van der Waals surface area contributed by atoms with Gasteiger partial charge in [0.1, 0.15) is 5.69 Å². The van der Waals surface area contributed by atoms with E-state index < -0.39 is 0 Å². The molecule has 2 rings (SSSR count). The maximum absolute atomic E-state index is 6.18. The first kappa shape index (κ1) is 10.6. The lowest BCUT2D eigenvalue weighted by Gasteiger charge is -2.21. The number of halogens is 1. The third-order valence-electron chi connectivity index (χ3n) is 2.54. The van der Waals surface area contributed by atoms with E-state index in [-0.39, 0.29) is 0 Å². The standard InChI is InChI=1S/C11H15ClN2O/c1-2-15-11-10(9(12)5-6-13-11)14-7-3-4-8-14/h5-6H,2-4,7-8H2,1H3. The van der Waals surface area contributed by atoms with Crippen molar-refractivity contribution in [2.24, 2.45) is 0 Å². The highest BCUT2D eigenvalue weighted by molar-refractivity contribution is 6.33. The van der Waals surface area contributed by atoms with Crippen LogP contribution in [0.2, 0.25) is 5.02 Å². The molecule has 1 aromatic rings. The highest BCUT2D eigenvalue weighted by Crippen LogP contribution is 2.35. The van der Waals surface area contributed by atoms with E-state index in [1.54, 1.807) is 6.20 Å². The molecule has 4 heteroatoms. The fraction of sp³-hybridized carbons (Fsp3) is 0.545. The molecule has 1 fully saturated rings. The Bertz CT molecular complexity index is 337. The molecule has 0 atom stereocenters. The molecular formula is C11H15ClN2O. The Morgan fingerprint density at radius 3 is 2.87 bits per heavy atom. The van der Waals surface area contributed by atoms with Crippen LogP contribution in [0.4, 0.5) is 5.69 Å². The zero-order chi connectivity index (χ0) is 10.7. The number of aromatic nitrogens is 1. The summed E-state index contributed by atoms with van der Waals surface area (Å²) < 4.78 is 5.49. The van der Waals surface area contributed by atoms with Crippen LogP contribution in [0.15, 0.2) is 12.3 Å². The molecule has 0 saturated carbocycles. The quantitative estimate of drug-likeness (QED) is 0.793. The van der Waals surface area contributed by atoms with Crippen molar-refractivity contribution in [1.82, 2.24) is 4.98 Å². The summed E-state index contributed by atoms with van der Waals surface area (Å²) in [6.07, 6.45) is 4.13. The maximum atomic E-state index is 6.18. The lowest BCUT2D eigenvalue weighted by molar-refractivity contribution is 0.327. The smallest absolute Gasteiger partial charge is 0.239 e. The lowest BCUT2D eigenvalue weighted by atomic mass is 10.3. The van der Waals surface area contributed by atoms with Gasteiger partial charge in [-0.3, -0.25) is 0 Å². The summed E-state index contributed by atoms with van der Waals surface area (Å²) in [5, 5.41) is 0.732. The summed E-state index contributed by atoms with van der Waals surface area (Å²) >= 11 is 6.18. The van der Waals surface area contributed by atoms with Gasteiger partial charge in [0.25, 0.3) is 0 Å². The number of hydrogen-bond donors (Lipinski definition) is 0. The molecule has 0 bridgehead atoms. The first-order valence-electron chi connectivity index (χ1n) is 5.35. The van der Waals surface area contributed by atoms with E-state index in [1.165, 1.54) is 12.8 Å². The second-order valence-corrected chi connectivity index (χ2v) is 3.98. The van der Waals surface area contributed by atoms with Crippen LogP contribution in [0.5, 0.6) is 5.88 Å². The largest absolute Gasteiger partial charge is 0.476 e. The van der Waals surface area contributed by atoms with E-state index in [1.807, 2.05) is 13.0 Å². The van der Waals surface area contributed by atoms with E-state index in [4.69, 9.17) is 16.3 Å². The molecule has 0 unspecified atom stereocenters. The van der Waals surface area contributed by atoms with Gasteiger partial charge in [0.2, 0.25) is 5.88 Å². The summed E-state index contributed by atoms with van der Waals surface area (Å²) in [4.78, 5) is 6.48. The third-order valence-corrected chi connectivity index (χ3v) is 2.85. The van der Waals surface area contributed by atoms with E-state index >= 15 is 0 Å². The molecule has 0 aromatic carbocycles. The average Bonchev–Trinajstić information content (AvgIpc) is 2.71. The van der Waals surface area contributed by atoms with Gasteiger partial charge in [0.15, 0.2) is 0 Å². The number of anilines is 1. The first-order chi connectivity index (χ1) is 7.33. The van der Waals surface area contributed by atoms with Crippen LogP contribution >= 0.6 is 11.6 Å². The normalized spacial score (nSPS) is 15.7. The summed E-state index contributed by atoms with van der Waals surface area (Å²) in [6, 6.07) is 1.82. The molecule has 0 spiro atoms. The fourth-order valence-corrected chi connectivity index (χ4v) is 2.14. The summed E-state index contributed by atoms with van der Waals surface area (Å²) in [5.41, 5.74) is 0.957. The van der Waals surface area contributed by atoms with Crippen molar-refractivity contribution in [2.75, 3.05) is 24.6 Å². The van der Waals surface area contributed by atoms with Crippen molar-refractivity contribution in [2.45, 2.75) is 19.8 Å². The van der Waals surface area contributed by atoms with Gasteiger partial charge >= 0.3 is 0 Å². The fourth-order valence-electron chi connectivity index (χ4n) is 1.88. The van der Waals surface area contributed by atoms with E-state index in [9.17, 15) is 0 Å². The van der Waals surface area contributed by atoms with Crippen LogP contribution in [0.25, 0.3) is 0 Å². The molecular weight excluding hydrogens is 212 g/mol. The molecule has 0 N–H and O–H groups in total. The maximum Gasteiger partial charge on any atom is 0.239 e. The second-order valence-electron chi connectivity index (χ2n) is 3.57. The van der Waals surface area contributed by atoms with Crippen molar-refractivity contribution in [3.05, 3.63) is 17.3 Å². The SMILES string of the molecule is CCOc1nccc(Cl)c1N1CCCC1. The van der Waals surface area contributed by atoms with Gasteiger partial charge in [0.05, 0.1) is 11.6 Å². The molecule has 3 nitrogen and oxygen atoms in total. The minimum Gasteiger partial charge on any atom is -0.476 e. The van der Waals surface area contributed by atoms with Gasteiger partial charge in [-0.2, -0.15) is 0 Å². The highest BCUT2D eigenvalue weighted by atomic mass is 35.5. The predicted molar refractivity (Wildman–Crippen MR) is 61.9 cm³/mol. The first-order valence-corrected chi connectivity index (χ1v) is 5.73. The summed E-state index contributed by atoms with van der Waals surface area (Å²) in [7, 11) is 0. The van der Waals surface area contributed by atoms with Gasteiger partial charge in [-0.25, -0.2) is 4.98 Å². The topological polar surface area (TPSA) is 25.4 Å². The predicted octanol–water partition coefficient (Wildman–Crippen LogP) is 2.73. The number of hydrogen-bond acceptors (Lipinski definition) is 3. The van der Waals surface area contributed by atoms with Gasteiger partial charge in [-0.05, 0) is 25.8 Å². The Kier molecular flexibility index (Phi) is 3.31. The molecule has 15 heavy (non-hydrogen) atoms. The molecule has 0 amide bonds. The molecule has 0 radical (unpaired) electrons. The third kappa shape index (κ3) is 2.17. The Morgan fingerprint density at radius 1 is 1.47 bits per heavy atom. The lowest BCUT2D eigenvalue weighted by Crippen LogP contribution is -2.19. The van der Waals surface area contributed by atoms with Crippen LogP contribution in [0, 0.1) is 0 Å². The van der Waals surface area contributed by atoms with Crippen molar-refractivity contribution < 1.29 is 4.74 Å². The summed E-state index contributed by atoms with van der Waals surface area (Å²) in [5.74, 6) is 0.659. The Hall–Kier alpha value is -0.960. The van der Waals surface area contributed by atoms with E-state index in [0.29, 0.717) is 12.5 Å². The molecule has 0 aliphatic carbocycles. The molecule has 1 saturated heterocycles. The van der Waals surface area contributed by atoms with Crippen molar-refractivity contribution in [1.29, 1.82) is 0 Å². The number of rotatable bonds is 3. The van der Waals surface area contributed by atoms with Gasteiger partial charge in [0, 0.05) is 19.3 Å². The molecule has 1 aliphatic heterocycles. The minimum absolute atomic E-state index is 0.619. The zero-order valence-corrected chi connectivity index (χ0v) is 9.63. The van der Waals surface area contributed by atoms with Crippen LogP contribution < -0.4 is 9.64 Å². The zero-order valence-electron chi connectivity index (χ0n) is 8.87. The Balaban J connectivity index is 2.32. The van der Waals surface area contributed by atoms with Gasteiger partial charge in [-0.15, -0.1) is 0 Å². The van der Waals surface area contributed by atoms with Crippen molar-refractivity contribution in [3.8, 4) is 5.88 Å². The van der Waals surface area contributed by atoms with Crippen molar-refractivity contribution in [3.63, 3.8) is 0 Å². The number of ether oxygens (including phenoxy) is 1. The molecule has 1 aliphatic rings. The van der Waals surface area contributed by atoms with Crippen LogP contribution in [0.3, 0.4) is 0 Å². The van der Waals surface area contributed by atoms with Gasteiger partial charge < -0.3 is 9.64 Å². The van der Waals surface area contributed by atoms with Crippen LogP contribution in [-0.4, -0.2) is 24.7 Å². The molecule has 1 aromatic heterocycles. The second kappa shape index (κ2) is 4.71. The number of nitrogens with zero attached hydrogens (tertiary/aromatic N) is 2. The summed E-state index contributed by atoms with van der Waals surface area (Å²) in [6.45, 7) is 4.67. The van der Waals surface area contributed by atoms with E-state index in [0.717, 1.165) is 23.8 Å². The van der Waals surface area contributed by atoms with Gasteiger partial charge in [-0.1, -0.05) is 11.6 Å². The number of pyridine rings is 1. The van der Waals surface area contributed by atoms with E-state index in [2.05, 4.69) is 9.88 Å². The Morgan fingerprint density at radius 2 is 2.20 bits per heavy atom. The molecule has 2 heterocycles. The van der Waals surface area contributed by atoms with Crippen molar-refractivity contribution >= 4 is 17.3 Å². The van der Waals surface area contributed by atoms with Crippen LogP contribution in [0.1, 0.15) is 19.8 Å². The molecule has 82 valence electrons. The van der Waals surface area contributed by atoms with Crippen LogP contribution in [-0.2, 0) is 0 Å². The minimum atomic E-state index is 0.619. The average molecular weight is 227 g/mol.